The van der Waals surface area contributed by atoms with Gasteiger partial charge in [-0.1, -0.05) is 12.8 Å². The first-order valence-corrected chi connectivity index (χ1v) is 7.07. The van der Waals surface area contributed by atoms with Crippen molar-refractivity contribution in [3.63, 3.8) is 0 Å². The molecule has 5 N–H and O–H groups in total. The van der Waals surface area contributed by atoms with Gasteiger partial charge in [-0.05, 0) is 38.9 Å². The number of aliphatic hydroxyl groups excluding tert-OH is 1. The molecule has 1 unspecified atom stereocenters. The topological polar surface area (TPSA) is 119 Å². The van der Waals surface area contributed by atoms with Gasteiger partial charge in [0.15, 0.2) is 0 Å². The second-order valence-electron chi connectivity index (χ2n) is 4.68. The van der Waals surface area contributed by atoms with Gasteiger partial charge >= 0.3 is 11.9 Å². The molecule has 0 aliphatic heterocycles. The molecule has 20 heavy (non-hydrogen) atoms. The molecule has 0 heterocycles. The van der Waals surface area contributed by atoms with Gasteiger partial charge in [-0.3, -0.25) is 9.59 Å². The van der Waals surface area contributed by atoms with Crippen molar-refractivity contribution >= 4 is 11.9 Å². The van der Waals surface area contributed by atoms with E-state index in [0.717, 1.165) is 45.2 Å². The minimum absolute atomic E-state index is 0.208. The first-order chi connectivity index (χ1) is 9.57. The minimum Gasteiger partial charge on any atom is -0.481 e. The number of unbranched alkanes of at least 4 members (excludes halogenated alkanes) is 3. The van der Waals surface area contributed by atoms with E-state index in [-0.39, 0.29) is 6.61 Å². The number of rotatable bonds is 14. The molecule has 7 heteroatoms. The van der Waals surface area contributed by atoms with E-state index in [1.165, 1.54) is 0 Å². The molecule has 0 fully saturated rings. The van der Waals surface area contributed by atoms with Crippen LogP contribution in [0.25, 0.3) is 0 Å². The second kappa shape index (κ2) is 12.8. The molecular weight excluding hydrogens is 264 g/mol. The van der Waals surface area contributed by atoms with Crippen molar-refractivity contribution in [2.24, 2.45) is 0 Å². The van der Waals surface area contributed by atoms with Crippen molar-refractivity contribution in [2.75, 3.05) is 26.2 Å². The highest BCUT2D eigenvalue weighted by Gasteiger charge is 2.19. The maximum Gasteiger partial charge on any atom is 0.321 e. The molecule has 0 aromatic heterocycles. The van der Waals surface area contributed by atoms with Gasteiger partial charge < -0.3 is 26.0 Å². The van der Waals surface area contributed by atoms with E-state index in [1.807, 2.05) is 0 Å². The maximum absolute atomic E-state index is 10.8. The summed E-state index contributed by atoms with van der Waals surface area (Å²) >= 11 is 0. The standard InChI is InChI=1S/C13H26N2O5/c16-9-5-7-14-6-3-1-2-4-8-15-11(13(19)20)10-12(17)18/h11,14-16H,1-10H2,(H,17,18)(H,19,20). The number of carboxylic acid groups (broad SMARTS) is 2. The molecule has 0 spiro atoms. The van der Waals surface area contributed by atoms with Crippen LogP contribution >= 0.6 is 0 Å². The number of carbonyl (C=O) groups is 2. The average Bonchev–Trinajstić information content (AvgIpc) is 2.39. The molecule has 1 atom stereocenters. The van der Waals surface area contributed by atoms with Crippen LogP contribution < -0.4 is 10.6 Å². The second-order valence-corrected chi connectivity index (χ2v) is 4.68. The van der Waals surface area contributed by atoms with Crippen LogP contribution in [-0.2, 0) is 9.59 Å². The summed E-state index contributed by atoms with van der Waals surface area (Å²) in [6.45, 7) is 2.47. The predicted octanol–water partition coefficient (Wildman–Crippen LogP) is 0.0363. The largest absolute Gasteiger partial charge is 0.481 e. The number of hydrogen-bond donors (Lipinski definition) is 5. The third-order valence-corrected chi connectivity index (χ3v) is 2.86. The molecule has 0 bridgehead atoms. The highest BCUT2D eigenvalue weighted by Crippen LogP contribution is 1.99. The summed E-state index contributed by atoms with van der Waals surface area (Å²) in [7, 11) is 0. The number of carboxylic acids is 2. The van der Waals surface area contributed by atoms with Gasteiger partial charge in [-0.15, -0.1) is 0 Å². The van der Waals surface area contributed by atoms with Crippen LogP contribution in [0.5, 0.6) is 0 Å². The molecular formula is C13H26N2O5. The third kappa shape index (κ3) is 11.9. The fourth-order valence-electron chi connectivity index (χ4n) is 1.76. The summed E-state index contributed by atoms with van der Waals surface area (Å²) in [6.07, 6.45) is 4.27. The molecule has 0 aromatic rings. The zero-order valence-electron chi connectivity index (χ0n) is 11.8. The van der Waals surface area contributed by atoms with Crippen molar-refractivity contribution < 1.29 is 24.9 Å². The van der Waals surface area contributed by atoms with Crippen molar-refractivity contribution in [1.29, 1.82) is 0 Å². The Morgan fingerprint density at radius 2 is 1.50 bits per heavy atom. The summed E-state index contributed by atoms with van der Waals surface area (Å²) in [5, 5.41) is 31.9. The fourth-order valence-corrected chi connectivity index (χ4v) is 1.76. The van der Waals surface area contributed by atoms with Crippen LogP contribution in [0, 0.1) is 0 Å². The van der Waals surface area contributed by atoms with Crippen molar-refractivity contribution in [3.8, 4) is 0 Å². The van der Waals surface area contributed by atoms with Crippen LogP contribution in [0.2, 0.25) is 0 Å². The molecule has 0 aliphatic carbocycles. The normalized spacial score (nSPS) is 12.2. The van der Waals surface area contributed by atoms with Gasteiger partial charge in [0.25, 0.3) is 0 Å². The van der Waals surface area contributed by atoms with Gasteiger partial charge in [0, 0.05) is 6.61 Å². The van der Waals surface area contributed by atoms with Gasteiger partial charge in [0.05, 0.1) is 6.42 Å². The molecule has 0 rings (SSSR count). The van der Waals surface area contributed by atoms with Gasteiger partial charge in [0.1, 0.15) is 6.04 Å². The Balaban J connectivity index is 3.41. The monoisotopic (exact) mass is 290 g/mol. The van der Waals surface area contributed by atoms with Crippen molar-refractivity contribution in [3.05, 3.63) is 0 Å². The first kappa shape index (κ1) is 18.8. The Labute approximate surface area is 119 Å². The number of hydrogen-bond acceptors (Lipinski definition) is 5. The first-order valence-electron chi connectivity index (χ1n) is 7.07. The average molecular weight is 290 g/mol. The van der Waals surface area contributed by atoms with E-state index in [9.17, 15) is 9.59 Å². The van der Waals surface area contributed by atoms with Crippen LogP contribution in [0.3, 0.4) is 0 Å². The van der Waals surface area contributed by atoms with Crippen LogP contribution in [0.1, 0.15) is 38.5 Å². The molecule has 0 radical (unpaired) electrons. The highest BCUT2D eigenvalue weighted by atomic mass is 16.4. The molecule has 0 saturated heterocycles. The molecule has 118 valence electrons. The zero-order chi connectivity index (χ0) is 15.2. The van der Waals surface area contributed by atoms with Crippen LogP contribution in [-0.4, -0.2) is 59.5 Å². The summed E-state index contributed by atoms with van der Waals surface area (Å²) in [5.74, 6) is -2.24. The van der Waals surface area contributed by atoms with Gasteiger partial charge in [0.2, 0.25) is 0 Å². The Hall–Kier alpha value is -1.18. The zero-order valence-corrected chi connectivity index (χ0v) is 11.8. The maximum atomic E-state index is 10.8. The van der Waals surface area contributed by atoms with E-state index in [0.29, 0.717) is 6.54 Å². The van der Waals surface area contributed by atoms with E-state index >= 15 is 0 Å². The van der Waals surface area contributed by atoms with Crippen molar-refractivity contribution in [2.45, 2.75) is 44.6 Å². The number of nitrogens with one attached hydrogen (secondary N) is 2. The van der Waals surface area contributed by atoms with Crippen molar-refractivity contribution in [1.82, 2.24) is 10.6 Å². The quantitative estimate of drug-likeness (QED) is 0.286. The summed E-state index contributed by atoms with van der Waals surface area (Å²) in [6, 6.07) is -1.01. The molecule has 0 aromatic carbocycles. The lowest BCUT2D eigenvalue weighted by Gasteiger charge is -2.11. The summed E-state index contributed by atoms with van der Waals surface area (Å²) in [4.78, 5) is 21.2. The van der Waals surface area contributed by atoms with Crippen LogP contribution in [0.15, 0.2) is 0 Å². The lowest BCUT2D eigenvalue weighted by atomic mass is 10.1. The van der Waals surface area contributed by atoms with E-state index in [1.54, 1.807) is 0 Å². The predicted molar refractivity (Wildman–Crippen MR) is 74.7 cm³/mol. The smallest absolute Gasteiger partial charge is 0.321 e. The molecule has 7 nitrogen and oxygen atoms in total. The Bertz CT molecular complexity index is 273. The van der Waals surface area contributed by atoms with E-state index < -0.39 is 24.4 Å². The molecule has 0 amide bonds. The third-order valence-electron chi connectivity index (χ3n) is 2.86. The van der Waals surface area contributed by atoms with E-state index in [2.05, 4.69) is 10.6 Å². The summed E-state index contributed by atoms with van der Waals surface area (Å²) < 4.78 is 0. The Morgan fingerprint density at radius 1 is 0.900 bits per heavy atom. The SMILES string of the molecule is O=C(O)CC(NCCCCCCNCCCO)C(=O)O. The number of aliphatic carboxylic acids is 2. The lowest BCUT2D eigenvalue weighted by Crippen LogP contribution is -2.39. The minimum atomic E-state index is -1.12. The Kier molecular flexibility index (Phi) is 12.1. The fraction of sp³-hybridized carbons (Fsp3) is 0.846. The van der Waals surface area contributed by atoms with E-state index in [4.69, 9.17) is 15.3 Å². The highest BCUT2D eigenvalue weighted by molar-refractivity contribution is 5.80. The molecule has 0 aliphatic rings. The Morgan fingerprint density at radius 3 is 2.05 bits per heavy atom. The number of aliphatic hydroxyl groups is 1. The van der Waals surface area contributed by atoms with Gasteiger partial charge in [-0.2, -0.15) is 0 Å². The lowest BCUT2D eigenvalue weighted by molar-refractivity contribution is -0.145. The van der Waals surface area contributed by atoms with Crippen LogP contribution in [0.4, 0.5) is 0 Å². The van der Waals surface area contributed by atoms with Gasteiger partial charge in [-0.25, -0.2) is 0 Å². The summed E-state index contributed by atoms with van der Waals surface area (Å²) in [5.41, 5.74) is 0. The molecule has 0 saturated carbocycles.